The first-order chi connectivity index (χ1) is 13.8. The number of phosphoric ester groups is 1. The van der Waals surface area contributed by atoms with Crippen molar-refractivity contribution in [2.45, 2.75) is 31.5 Å². The molecular weight excluding hydrogens is 483 g/mol. The molecule has 0 bridgehead atoms. The van der Waals surface area contributed by atoms with Crippen molar-refractivity contribution in [3.63, 3.8) is 0 Å². The molecule has 0 saturated heterocycles. The van der Waals surface area contributed by atoms with E-state index >= 15 is 0 Å². The zero-order chi connectivity index (χ0) is 23.4. The molecule has 0 aliphatic heterocycles. The second kappa shape index (κ2) is 14.5. The third kappa shape index (κ3) is 13.0. The Morgan fingerprint density at radius 3 is 2.07 bits per heavy atom. The van der Waals surface area contributed by atoms with E-state index in [-0.39, 0.29) is 32.8 Å². The first-order valence-electron chi connectivity index (χ1n) is 9.72. The van der Waals surface area contributed by atoms with Gasteiger partial charge in [0.15, 0.2) is 0 Å². The molecule has 0 spiro atoms. The highest BCUT2D eigenvalue weighted by atomic mass is 79.9. The van der Waals surface area contributed by atoms with E-state index in [4.69, 9.17) is 18.5 Å². The Bertz CT molecular complexity index is 578. The van der Waals surface area contributed by atoms with E-state index in [1.807, 2.05) is 25.9 Å². The number of nitrogens with zero attached hydrogens (tertiary/aromatic N) is 2. The molecule has 3 unspecified atom stereocenters. The van der Waals surface area contributed by atoms with Gasteiger partial charge in [-0.05, 0) is 48.0 Å². The number of carbonyl (C=O) groups is 2. The molecule has 0 saturated carbocycles. The Morgan fingerprint density at radius 2 is 1.53 bits per heavy atom. The minimum Gasteiger partial charge on any atom is -0.463 e. The molecule has 1 N–H and O–H groups in total. The largest absolute Gasteiger partial charge is 0.472 e. The molecule has 10 nitrogen and oxygen atoms in total. The summed E-state index contributed by atoms with van der Waals surface area (Å²) in [5.74, 6) is -0.968. The van der Waals surface area contributed by atoms with Crippen LogP contribution in [0.15, 0.2) is 0 Å². The monoisotopic (exact) mass is 518 g/mol. The zero-order valence-electron chi connectivity index (χ0n) is 18.8. The van der Waals surface area contributed by atoms with Gasteiger partial charge in [0, 0.05) is 13.1 Å². The highest BCUT2D eigenvalue weighted by molar-refractivity contribution is 9.10. The standard InChI is InChI=1S/C18H36BrN2O8P/c1-7-18(2,14-15(19)16(22)26-10-8-20(3)4)17(23)27-12-13-29-30(24,25)28-11-9-21(5)6/h15H,7-14H2,1-6H3,(H,24,25). The molecule has 0 aromatic carbocycles. The van der Waals surface area contributed by atoms with Crippen molar-refractivity contribution >= 4 is 35.7 Å². The van der Waals surface area contributed by atoms with Gasteiger partial charge in [-0.2, -0.15) is 0 Å². The fraction of sp³-hybridized carbons (Fsp3) is 0.889. The molecule has 0 rings (SSSR count). The summed E-state index contributed by atoms with van der Waals surface area (Å²) in [7, 11) is 3.15. The molecule has 0 amide bonds. The van der Waals surface area contributed by atoms with Crippen LogP contribution in [0.1, 0.15) is 26.7 Å². The second-order valence-corrected chi connectivity index (χ2v) is 10.2. The molecule has 178 valence electrons. The molecule has 0 aliphatic rings. The molecule has 0 heterocycles. The predicted molar refractivity (Wildman–Crippen MR) is 116 cm³/mol. The smallest absolute Gasteiger partial charge is 0.463 e. The molecule has 12 heteroatoms. The van der Waals surface area contributed by atoms with Gasteiger partial charge >= 0.3 is 19.8 Å². The average Bonchev–Trinajstić information content (AvgIpc) is 2.63. The SMILES string of the molecule is CCC(C)(CC(Br)C(=O)OCCN(C)C)C(=O)OCCOP(=O)(O)OCCN(C)C. The number of likely N-dealkylation sites (N-methyl/N-ethyl adjacent to an activating group) is 2. The van der Waals surface area contributed by atoms with E-state index in [1.54, 1.807) is 25.9 Å². The number of hydrogen-bond acceptors (Lipinski definition) is 9. The molecule has 0 aliphatic carbocycles. The summed E-state index contributed by atoms with van der Waals surface area (Å²) in [6.07, 6.45) is 0.627. The number of rotatable bonds is 16. The van der Waals surface area contributed by atoms with Crippen molar-refractivity contribution < 1.29 is 37.6 Å². The average molecular weight is 519 g/mol. The van der Waals surface area contributed by atoms with E-state index < -0.39 is 30.0 Å². The van der Waals surface area contributed by atoms with Crippen molar-refractivity contribution in [1.29, 1.82) is 0 Å². The number of alkyl halides is 1. The Kier molecular flexibility index (Phi) is 14.2. The van der Waals surface area contributed by atoms with Gasteiger partial charge in [0.2, 0.25) is 0 Å². The Labute approximate surface area is 187 Å². The third-order valence-electron chi connectivity index (χ3n) is 4.31. The molecule has 30 heavy (non-hydrogen) atoms. The fourth-order valence-corrected chi connectivity index (χ4v) is 3.65. The molecule has 3 atom stereocenters. The summed E-state index contributed by atoms with van der Waals surface area (Å²) in [5.41, 5.74) is -0.931. The second-order valence-electron chi connectivity index (χ2n) is 7.63. The Balaban J connectivity index is 4.43. The van der Waals surface area contributed by atoms with Gasteiger partial charge in [-0.1, -0.05) is 22.9 Å². The number of hydrogen-bond donors (Lipinski definition) is 1. The minimum atomic E-state index is -4.20. The molecular formula is C18H36BrN2O8P. The van der Waals surface area contributed by atoms with Crippen LogP contribution in [-0.4, -0.2) is 99.2 Å². The van der Waals surface area contributed by atoms with Crippen LogP contribution in [-0.2, 0) is 32.7 Å². The summed E-state index contributed by atoms with van der Waals surface area (Å²) in [5, 5.41) is 0. The maximum absolute atomic E-state index is 12.5. The third-order valence-corrected chi connectivity index (χ3v) is 6.02. The lowest BCUT2D eigenvalue weighted by Gasteiger charge is -2.27. The quantitative estimate of drug-likeness (QED) is 0.140. The van der Waals surface area contributed by atoms with Crippen molar-refractivity contribution in [3.8, 4) is 0 Å². The van der Waals surface area contributed by atoms with E-state index in [1.165, 1.54) is 0 Å². The lowest BCUT2D eigenvalue weighted by Crippen LogP contribution is -2.35. The molecule has 0 aromatic rings. The van der Waals surface area contributed by atoms with E-state index in [9.17, 15) is 19.0 Å². The first-order valence-corrected chi connectivity index (χ1v) is 12.1. The summed E-state index contributed by atoms with van der Waals surface area (Å²) in [6.45, 7) is 4.37. The van der Waals surface area contributed by atoms with Gasteiger partial charge in [0.1, 0.15) is 18.0 Å². The van der Waals surface area contributed by atoms with Crippen LogP contribution < -0.4 is 0 Å². The normalized spacial score (nSPS) is 16.7. The van der Waals surface area contributed by atoms with Crippen molar-refractivity contribution in [1.82, 2.24) is 9.80 Å². The van der Waals surface area contributed by atoms with Gasteiger partial charge in [-0.15, -0.1) is 0 Å². The topological polar surface area (TPSA) is 115 Å². The van der Waals surface area contributed by atoms with E-state index in [0.717, 1.165) is 0 Å². The fourth-order valence-electron chi connectivity index (χ4n) is 2.11. The van der Waals surface area contributed by atoms with Crippen LogP contribution in [0, 0.1) is 5.41 Å². The van der Waals surface area contributed by atoms with Gasteiger partial charge in [-0.3, -0.25) is 18.6 Å². The van der Waals surface area contributed by atoms with Crippen LogP contribution >= 0.6 is 23.8 Å². The maximum atomic E-state index is 12.5. The highest BCUT2D eigenvalue weighted by Gasteiger charge is 2.37. The van der Waals surface area contributed by atoms with Crippen LogP contribution in [0.25, 0.3) is 0 Å². The van der Waals surface area contributed by atoms with Crippen LogP contribution in [0.5, 0.6) is 0 Å². The summed E-state index contributed by atoms with van der Waals surface area (Å²) in [6, 6.07) is 0. The molecule has 0 radical (unpaired) electrons. The lowest BCUT2D eigenvalue weighted by atomic mass is 9.83. The number of halogens is 1. The van der Waals surface area contributed by atoms with Crippen LogP contribution in [0.3, 0.4) is 0 Å². The summed E-state index contributed by atoms with van der Waals surface area (Å²) < 4.78 is 31.7. The van der Waals surface area contributed by atoms with Crippen molar-refractivity contribution in [2.24, 2.45) is 5.41 Å². The molecule has 0 fully saturated rings. The van der Waals surface area contributed by atoms with Crippen molar-refractivity contribution in [2.75, 3.05) is 67.7 Å². The highest BCUT2D eigenvalue weighted by Crippen LogP contribution is 2.42. The number of ether oxygens (including phenoxy) is 2. The molecule has 0 aromatic heterocycles. The summed E-state index contributed by atoms with van der Waals surface area (Å²) >= 11 is 3.29. The maximum Gasteiger partial charge on any atom is 0.472 e. The zero-order valence-corrected chi connectivity index (χ0v) is 21.2. The number of esters is 2. The van der Waals surface area contributed by atoms with Crippen molar-refractivity contribution in [3.05, 3.63) is 0 Å². The number of phosphoric acid groups is 1. The van der Waals surface area contributed by atoms with Gasteiger partial charge in [-0.25, -0.2) is 4.57 Å². The van der Waals surface area contributed by atoms with Gasteiger partial charge in [0.25, 0.3) is 0 Å². The van der Waals surface area contributed by atoms with E-state index in [2.05, 4.69) is 15.9 Å². The minimum absolute atomic E-state index is 0.0335. The summed E-state index contributed by atoms with van der Waals surface area (Å²) in [4.78, 5) is 37.2. The Hall–Kier alpha value is -0.550. The Morgan fingerprint density at radius 1 is 1.00 bits per heavy atom. The van der Waals surface area contributed by atoms with Gasteiger partial charge in [0.05, 0.1) is 18.6 Å². The predicted octanol–water partition coefficient (Wildman–Crippen LogP) is 1.90. The lowest BCUT2D eigenvalue weighted by molar-refractivity contribution is -0.157. The first kappa shape index (κ1) is 29.5. The number of carbonyl (C=O) groups excluding carboxylic acids is 2. The van der Waals surface area contributed by atoms with Gasteiger partial charge < -0.3 is 24.2 Å². The van der Waals surface area contributed by atoms with E-state index in [0.29, 0.717) is 19.5 Å². The van der Waals surface area contributed by atoms with Crippen LogP contribution in [0.2, 0.25) is 0 Å². The van der Waals surface area contributed by atoms with Crippen LogP contribution in [0.4, 0.5) is 0 Å².